The van der Waals surface area contributed by atoms with Crippen molar-refractivity contribution in [1.82, 2.24) is 10.2 Å². The van der Waals surface area contributed by atoms with Crippen LogP contribution in [0.5, 0.6) is 0 Å². The summed E-state index contributed by atoms with van der Waals surface area (Å²) in [5, 5.41) is 2.78. The molecule has 4 nitrogen and oxygen atoms in total. The second-order valence-corrected chi connectivity index (χ2v) is 5.99. The zero-order valence-electron chi connectivity index (χ0n) is 11.6. The van der Waals surface area contributed by atoms with Crippen molar-refractivity contribution in [2.45, 2.75) is 52.6 Å². The molecule has 2 atom stereocenters. The van der Waals surface area contributed by atoms with Crippen molar-refractivity contribution in [2.75, 3.05) is 13.2 Å². The maximum atomic E-state index is 12.4. The van der Waals surface area contributed by atoms with E-state index in [-0.39, 0.29) is 29.7 Å². The molecule has 1 aliphatic rings. The molecule has 1 fully saturated rings. The lowest BCUT2D eigenvalue weighted by molar-refractivity contribution is -0.137. The average molecular weight is 258 g/mol. The molecule has 0 saturated carbocycles. The molecule has 0 aromatic heterocycles. The summed E-state index contributed by atoms with van der Waals surface area (Å²) in [5.41, 5.74) is -0.342. The van der Waals surface area contributed by atoms with Gasteiger partial charge in [0.05, 0.1) is 6.67 Å². The van der Waals surface area contributed by atoms with Gasteiger partial charge in [-0.2, -0.15) is 0 Å². The summed E-state index contributed by atoms with van der Waals surface area (Å²) >= 11 is 0. The van der Waals surface area contributed by atoms with Gasteiger partial charge in [-0.3, -0.25) is 14.0 Å². The first kappa shape index (κ1) is 14.9. The van der Waals surface area contributed by atoms with E-state index in [0.29, 0.717) is 13.0 Å². The van der Waals surface area contributed by atoms with Crippen LogP contribution in [-0.2, 0) is 9.59 Å². The first-order chi connectivity index (χ1) is 8.27. The van der Waals surface area contributed by atoms with Crippen molar-refractivity contribution in [1.29, 1.82) is 0 Å². The summed E-state index contributed by atoms with van der Waals surface area (Å²) < 4.78 is 12.3. The Morgan fingerprint density at radius 3 is 2.50 bits per heavy atom. The van der Waals surface area contributed by atoms with Crippen LogP contribution in [0.4, 0.5) is 4.39 Å². The number of amides is 2. The van der Waals surface area contributed by atoms with Gasteiger partial charge in [0.1, 0.15) is 6.04 Å². The number of hydrogen-bond acceptors (Lipinski definition) is 2. The molecule has 1 saturated heterocycles. The minimum absolute atomic E-state index is 0.102. The predicted molar refractivity (Wildman–Crippen MR) is 67.8 cm³/mol. The Labute approximate surface area is 108 Å². The molecule has 18 heavy (non-hydrogen) atoms. The largest absolute Gasteiger partial charge is 0.344 e. The summed E-state index contributed by atoms with van der Waals surface area (Å²) in [5.74, 6) is -0.215. The second kappa shape index (κ2) is 5.67. The molecule has 0 radical (unpaired) electrons. The van der Waals surface area contributed by atoms with E-state index in [0.717, 1.165) is 0 Å². The monoisotopic (exact) mass is 258 g/mol. The topological polar surface area (TPSA) is 49.4 Å². The number of carbonyl (C=O) groups is 2. The normalized spacial score (nSPS) is 25.9. The van der Waals surface area contributed by atoms with Crippen LogP contribution < -0.4 is 5.32 Å². The SMILES string of the molecule is CC1CC(=O)NC(C(C)(C)C)C(=O)N1CCCF. The number of nitrogens with zero attached hydrogens (tertiary/aromatic N) is 1. The molecular weight excluding hydrogens is 235 g/mol. The molecule has 104 valence electrons. The third kappa shape index (κ3) is 3.43. The van der Waals surface area contributed by atoms with Crippen molar-refractivity contribution in [3.63, 3.8) is 0 Å². The minimum atomic E-state index is -0.533. The molecule has 1 heterocycles. The van der Waals surface area contributed by atoms with Gasteiger partial charge in [-0.25, -0.2) is 0 Å². The number of carbonyl (C=O) groups excluding carboxylic acids is 2. The van der Waals surface area contributed by atoms with Crippen LogP contribution in [0.3, 0.4) is 0 Å². The summed E-state index contributed by atoms with van der Waals surface area (Å²) in [4.78, 5) is 25.8. The maximum Gasteiger partial charge on any atom is 0.245 e. The van der Waals surface area contributed by atoms with Gasteiger partial charge < -0.3 is 10.2 Å². The lowest BCUT2D eigenvalue weighted by atomic mass is 9.86. The fourth-order valence-electron chi connectivity index (χ4n) is 2.19. The predicted octanol–water partition coefficient (Wildman–Crippen LogP) is 1.50. The van der Waals surface area contributed by atoms with E-state index in [4.69, 9.17) is 0 Å². The number of hydrogen-bond donors (Lipinski definition) is 1. The van der Waals surface area contributed by atoms with Crippen molar-refractivity contribution >= 4 is 11.8 Å². The van der Waals surface area contributed by atoms with Gasteiger partial charge in [-0.05, 0) is 18.8 Å². The van der Waals surface area contributed by atoms with E-state index in [1.165, 1.54) is 0 Å². The number of rotatable bonds is 3. The summed E-state index contributed by atoms with van der Waals surface area (Å²) in [6.45, 7) is 7.51. The molecule has 0 aromatic carbocycles. The minimum Gasteiger partial charge on any atom is -0.344 e. The standard InChI is InChI=1S/C13H23FN2O2/c1-9-8-10(17)15-11(13(2,3)4)12(18)16(9)7-5-6-14/h9,11H,5-8H2,1-4H3,(H,15,17). The van der Waals surface area contributed by atoms with E-state index < -0.39 is 12.7 Å². The van der Waals surface area contributed by atoms with Crippen LogP contribution in [0.1, 0.15) is 40.5 Å². The third-order valence-corrected chi connectivity index (χ3v) is 3.25. The molecule has 2 amide bonds. The third-order valence-electron chi connectivity index (χ3n) is 3.25. The summed E-state index contributed by atoms with van der Waals surface area (Å²) in [7, 11) is 0. The quantitative estimate of drug-likeness (QED) is 0.834. The fourth-order valence-corrected chi connectivity index (χ4v) is 2.19. The highest BCUT2D eigenvalue weighted by molar-refractivity contribution is 5.91. The van der Waals surface area contributed by atoms with Crippen LogP contribution >= 0.6 is 0 Å². The number of halogens is 1. The molecule has 0 aromatic rings. The zero-order valence-corrected chi connectivity index (χ0v) is 11.6. The fraction of sp³-hybridized carbons (Fsp3) is 0.846. The van der Waals surface area contributed by atoms with E-state index in [1.807, 2.05) is 27.7 Å². The molecule has 0 bridgehead atoms. The van der Waals surface area contributed by atoms with E-state index in [9.17, 15) is 14.0 Å². The van der Waals surface area contributed by atoms with Crippen molar-refractivity contribution in [3.8, 4) is 0 Å². The van der Waals surface area contributed by atoms with Gasteiger partial charge in [0, 0.05) is 19.0 Å². The maximum absolute atomic E-state index is 12.4. The Hall–Kier alpha value is -1.13. The van der Waals surface area contributed by atoms with Gasteiger partial charge in [0.15, 0.2) is 0 Å². The van der Waals surface area contributed by atoms with E-state index in [1.54, 1.807) is 4.90 Å². The second-order valence-electron chi connectivity index (χ2n) is 5.99. The van der Waals surface area contributed by atoms with Crippen LogP contribution in [0.15, 0.2) is 0 Å². The van der Waals surface area contributed by atoms with Crippen LogP contribution in [0, 0.1) is 5.41 Å². The van der Waals surface area contributed by atoms with E-state index in [2.05, 4.69) is 5.32 Å². The molecule has 1 rings (SSSR count). The van der Waals surface area contributed by atoms with Gasteiger partial charge in [-0.1, -0.05) is 20.8 Å². The Morgan fingerprint density at radius 2 is 2.00 bits per heavy atom. The first-order valence-electron chi connectivity index (χ1n) is 6.43. The first-order valence-corrected chi connectivity index (χ1v) is 6.43. The molecule has 0 spiro atoms. The molecule has 2 unspecified atom stereocenters. The van der Waals surface area contributed by atoms with Crippen LogP contribution in [-0.4, -0.2) is 42.0 Å². The zero-order chi connectivity index (χ0) is 13.9. The highest BCUT2D eigenvalue weighted by Crippen LogP contribution is 2.24. The van der Waals surface area contributed by atoms with Crippen molar-refractivity contribution in [2.24, 2.45) is 5.41 Å². The Kier molecular flexibility index (Phi) is 4.71. The van der Waals surface area contributed by atoms with Crippen LogP contribution in [0.25, 0.3) is 0 Å². The molecule has 1 aliphatic heterocycles. The molecule has 0 aliphatic carbocycles. The number of alkyl halides is 1. The summed E-state index contributed by atoms with van der Waals surface area (Å²) in [6, 6.07) is -0.703. The average Bonchev–Trinajstić information content (AvgIpc) is 2.33. The lowest BCUT2D eigenvalue weighted by Crippen LogP contribution is -2.52. The van der Waals surface area contributed by atoms with Gasteiger partial charge in [-0.15, -0.1) is 0 Å². The van der Waals surface area contributed by atoms with Gasteiger partial charge in [0.25, 0.3) is 0 Å². The van der Waals surface area contributed by atoms with E-state index >= 15 is 0 Å². The highest BCUT2D eigenvalue weighted by atomic mass is 19.1. The molecule has 5 heteroatoms. The van der Waals surface area contributed by atoms with Crippen molar-refractivity contribution < 1.29 is 14.0 Å². The van der Waals surface area contributed by atoms with Crippen LogP contribution in [0.2, 0.25) is 0 Å². The Balaban J connectivity index is 2.94. The lowest BCUT2D eigenvalue weighted by Gasteiger charge is -2.34. The Bertz CT molecular complexity index is 325. The smallest absolute Gasteiger partial charge is 0.245 e. The highest BCUT2D eigenvalue weighted by Gasteiger charge is 2.39. The summed E-state index contributed by atoms with van der Waals surface area (Å²) in [6.07, 6.45) is 0.603. The molecule has 1 N–H and O–H groups in total. The van der Waals surface area contributed by atoms with Gasteiger partial charge in [0.2, 0.25) is 11.8 Å². The Morgan fingerprint density at radius 1 is 1.39 bits per heavy atom. The van der Waals surface area contributed by atoms with Crippen molar-refractivity contribution in [3.05, 3.63) is 0 Å². The number of nitrogens with one attached hydrogen (secondary N) is 1. The van der Waals surface area contributed by atoms with Gasteiger partial charge >= 0.3 is 0 Å². The molecular formula is C13H23FN2O2.